The molecule has 0 radical (unpaired) electrons. The molecule has 1 saturated heterocycles. The first kappa shape index (κ1) is 7.06. The molecule has 54 valence electrons. The lowest BCUT2D eigenvalue weighted by molar-refractivity contribution is 0.527. The van der Waals surface area contributed by atoms with Crippen LogP contribution in [0.4, 0.5) is 0 Å². The van der Waals surface area contributed by atoms with Crippen LogP contribution >= 0.6 is 0 Å². The molecule has 1 heterocycles. The van der Waals surface area contributed by atoms with Gasteiger partial charge in [-0.15, -0.1) is 0 Å². The van der Waals surface area contributed by atoms with Crippen molar-refractivity contribution in [2.45, 2.75) is 25.5 Å². The summed E-state index contributed by atoms with van der Waals surface area (Å²) >= 11 is 0. The Hall–Kier alpha value is -0.0500. The molecule has 2 nitrogen and oxygen atoms in total. The van der Waals surface area contributed by atoms with E-state index in [1.807, 2.05) is 13.8 Å². The average molecular weight is 147 g/mol. The highest BCUT2D eigenvalue weighted by Crippen LogP contribution is 2.27. The molecule has 2 unspecified atom stereocenters. The zero-order chi connectivity index (χ0) is 7.07. The number of hydrogen-bond donors (Lipinski definition) is 1. The normalized spacial score (nSPS) is 42.8. The minimum absolute atomic E-state index is 0.192. The molecular weight excluding hydrogens is 134 g/mol. The maximum atomic E-state index is 11.1. The smallest absolute Gasteiger partial charge is 0.0473 e. The first-order valence-corrected chi connectivity index (χ1v) is 5.08. The molecular formula is C6H13NOS. The predicted octanol–water partition coefficient (Wildman–Crippen LogP) is 1.46. The second-order valence-electron chi connectivity index (χ2n) is 3.00. The minimum Gasteiger partial charge on any atom is -0.253 e. The van der Waals surface area contributed by atoms with E-state index in [9.17, 15) is 4.21 Å². The van der Waals surface area contributed by atoms with Gasteiger partial charge in [0.05, 0.1) is 0 Å². The Bertz CT molecular complexity index is 193. The molecule has 2 atom stereocenters. The Morgan fingerprint density at radius 3 is 2.22 bits per heavy atom. The van der Waals surface area contributed by atoms with Gasteiger partial charge >= 0.3 is 0 Å². The summed E-state index contributed by atoms with van der Waals surface area (Å²) in [5.41, 5.74) is 0. The first-order chi connectivity index (χ1) is 4.04. The van der Waals surface area contributed by atoms with Crippen molar-refractivity contribution in [1.82, 2.24) is 0 Å². The van der Waals surface area contributed by atoms with Crippen molar-refractivity contribution in [1.29, 1.82) is 4.78 Å². The zero-order valence-electron chi connectivity index (χ0n) is 5.89. The fourth-order valence-electron chi connectivity index (χ4n) is 1.24. The Labute approximate surface area is 56.6 Å². The van der Waals surface area contributed by atoms with E-state index in [4.69, 9.17) is 4.78 Å². The summed E-state index contributed by atoms with van der Waals surface area (Å²) in [5.74, 6) is 1.07. The summed E-state index contributed by atoms with van der Waals surface area (Å²) in [4.78, 5) is 0. The Balaban J connectivity index is 2.67. The molecule has 0 aromatic rings. The van der Waals surface area contributed by atoms with Gasteiger partial charge in [0.25, 0.3) is 0 Å². The lowest BCUT2D eigenvalue weighted by Gasteiger charge is -2.32. The van der Waals surface area contributed by atoms with Crippen LogP contribution in [-0.2, 0) is 9.73 Å². The van der Waals surface area contributed by atoms with Crippen LogP contribution in [0.5, 0.6) is 0 Å². The molecule has 1 rings (SSSR count). The van der Waals surface area contributed by atoms with E-state index in [0.717, 1.165) is 6.42 Å². The summed E-state index contributed by atoms with van der Waals surface area (Å²) in [6.07, 6.45) is 1.00. The van der Waals surface area contributed by atoms with Crippen LogP contribution in [0, 0.1) is 10.7 Å². The lowest BCUT2D eigenvalue weighted by atomic mass is 10.1. The zero-order valence-corrected chi connectivity index (χ0v) is 6.70. The van der Waals surface area contributed by atoms with Crippen molar-refractivity contribution in [2.24, 2.45) is 5.92 Å². The Kier molecular flexibility index (Phi) is 1.55. The summed E-state index contributed by atoms with van der Waals surface area (Å²) < 4.78 is 18.4. The van der Waals surface area contributed by atoms with E-state index in [-0.39, 0.29) is 5.25 Å². The van der Waals surface area contributed by atoms with Crippen LogP contribution < -0.4 is 0 Å². The highest BCUT2D eigenvalue weighted by Gasteiger charge is 2.33. The Morgan fingerprint density at radius 1 is 1.67 bits per heavy atom. The van der Waals surface area contributed by atoms with Crippen molar-refractivity contribution in [3.05, 3.63) is 0 Å². The van der Waals surface area contributed by atoms with Crippen LogP contribution in [0.15, 0.2) is 0 Å². The lowest BCUT2D eigenvalue weighted by Crippen LogP contribution is -2.39. The van der Waals surface area contributed by atoms with Gasteiger partial charge in [0.1, 0.15) is 0 Å². The molecule has 0 aliphatic carbocycles. The van der Waals surface area contributed by atoms with Crippen LogP contribution in [0.2, 0.25) is 0 Å². The van der Waals surface area contributed by atoms with Gasteiger partial charge in [-0.25, -0.2) is 4.21 Å². The highest BCUT2D eigenvalue weighted by atomic mass is 32.2. The van der Waals surface area contributed by atoms with E-state index in [2.05, 4.69) is 0 Å². The van der Waals surface area contributed by atoms with Gasteiger partial charge in [-0.1, -0.05) is 13.8 Å². The van der Waals surface area contributed by atoms with Crippen molar-refractivity contribution in [3.63, 3.8) is 0 Å². The fourth-order valence-corrected chi connectivity index (χ4v) is 3.06. The predicted molar refractivity (Wildman–Crippen MR) is 39.0 cm³/mol. The van der Waals surface area contributed by atoms with Gasteiger partial charge in [-0.05, 0) is 12.3 Å². The van der Waals surface area contributed by atoms with Gasteiger partial charge in [0.2, 0.25) is 0 Å². The monoisotopic (exact) mass is 147 g/mol. The van der Waals surface area contributed by atoms with Crippen LogP contribution in [0.25, 0.3) is 0 Å². The van der Waals surface area contributed by atoms with Gasteiger partial charge in [-0.2, -0.15) is 0 Å². The largest absolute Gasteiger partial charge is 0.253 e. The number of rotatable bonds is 1. The molecule has 0 aromatic heterocycles. The minimum atomic E-state index is -2.12. The SMILES string of the molecule is CC(C)C1CCS1(=N)=O. The molecule has 1 aliphatic rings. The second-order valence-corrected chi connectivity index (χ2v) is 5.47. The topological polar surface area (TPSA) is 40.9 Å². The molecule has 1 aliphatic heterocycles. The highest BCUT2D eigenvalue weighted by molar-refractivity contribution is 7.94. The number of hydrogen-bond acceptors (Lipinski definition) is 2. The van der Waals surface area contributed by atoms with Crippen molar-refractivity contribution in [2.75, 3.05) is 5.75 Å². The second kappa shape index (κ2) is 1.97. The summed E-state index contributed by atoms with van der Waals surface area (Å²) in [5, 5.41) is 0.192. The van der Waals surface area contributed by atoms with E-state index < -0.39 is 9.73 Å². The first-order valence-electron chi connectivity index (χ1n) is 3.29. The third-order valence-corrected chi connectivity index (χ3v) is 4.54. The van der Waals surface area contributed by atoms with Crippen molar-refractivity contribution >= 4 is 9.73 Å². The quantitative estimate of drug-likeness (QED) is 0.599. The molecule has 1 N–H and O–H groups in total. The standard InChI is InChI=1S/C6H13NOS/c1-5(2)6-3-4-9(6,7)8/h5-7H,3-4H2,1-2H3. The summed E-state index contributed by atoms with van der Waals surface area (Å²) in [6, 6.07) is 0. The van der Waals surface area contributed by atoms with E-state index in [1.54, 1.807) is 0 Å². The third-order valence-electron chi connectivity index (χ3n) is 1.94. The molecule has 0 spiro atoms. The fraction of sp³-hybridized carbons (Fsp3) is 1.00. The number of nitrogens with one attached hydrogen (secondary N) is 1. The van der Waals surface area contributed by atoms with E-state index >= 15 is 0 Å². The van der Waals surface area contributed by atoms with Crippen LogP contribution in [0.1, 0.15) is 20.3 Å². The van der Waals surface area contributed by atoms with Gasteiger partial charge in [-0.3, -0.25) is 4.78 Å². The third kappa shape index (κ3) is 1.11. The van der Waals surface area contributed by atoms with Gasteiger partial charge in [0, 0.05) is 20.7 Å². The van der Waals surface area contributed by atoms with Gasteiger partial charge < -0.3 is 0 Å². The van der Waals surface area contributed by atoms with Crippen LogP contribution in [-0.4, -0.2) is 15.2 Å². The van der Waals surface area contributed by atoms with Crippen molar-refractivity contribution < 1.29 is 4.21 Å². The Morgan fingerprint density at radius 2 is 2.22 bits per heavy atom. The molecule has 9 heavy (non-hydrogen) atoms. The maximum absolute atomic E-state index is 11.1. The molecule has 0 bridgehead atoms. The maximum Gasteiger partial charge on any atom is 0.0473 e. The molecule has 0 aromatic carbocycles. The van der Waals surface area contributed by atoms with E-state index in [0.29, 0.717) is 11.7 Å². The molecule has 3 heteroatoms. The molecule has 0 saturated carbocycles. The summed E-state index contributed by atoms with van der Waals surface area (Å²) in [7, 11) is -2.12. The van der Waals surface area contributed by atoms with Crippen molar-refractivity contribution in [3.8, 4) is 0 Å². The molecule has 0 amide bonds. The molecule has 1 fully saturated rings. The average Bonchev–Trinajstić information content (AvgIpc) is 1.62. The van der Waals surface area contributed by atoms with E-state index in [1.165, 1.54) is 0 Å². The van der Waals surface area contributed by atoms with Crippen LogP contribution in [0.3, 0.4) is 0 Å². The summed E-state index contributed by atoms with van der Waals surface area (Å²) in [6.45, 7) is 4.08. The van der Waals surface area contributed by atoms with Gasteiger partial charge in [0.15, 0.2) is 0 Å².